The Labute approximate surface area is 81.7 Å². The number of hydrogen-bond acceptors (Lipinski definition) is 4. The van der Waals surface area contributed by atoms with Crippen LogP contribution in [-0.2, 0) is 16.6 Å². The summed E-state index contributed by atoms with van der Waals surface area (Å²) in [5.74, 6) is -0.862. The number of ether oxygens (including phenoxy) is 1. The molecule has 0 aromatic carbocycles. The second-order valence-corrected chi connectivity index (χ2v) is 2.97. The van der Waals surface area contributed by atoms with E-state index in [1.54, 1.807) is 17.8 Å². The van der Waals surface area contributed by atoms with Crippen molar-refractivity contribution < 1.29 is 14.3 Å². The number of aryl methyl sites for hydroxylation is 2. The summed E-state index contributed by atoms with van der Waals surface area (Å²) in [5, 5.41) is 3.96. The first-order valence-corrected chi connectivity index (χ1v) is 4.15. The van der Waals surface area contributed by atoms with Crippen LogP contribution in [0.2, 0.25) is 0 Å². The third-order valence-corrected chi connectivity index (χ3v) is 1.93. The highest BCUT2D eigenvalue weighted by molar-refractivity contribution is 6.04. The Balaban J connectivity index is 2.75. The van der Waals surface area contributed by atoms with Crippen molar-refractivity contribution in [1.82, 2.24) is 9.78 Å². The summed E-state index contributed by atoms with van der Waals surface area (Å²) >= 11 is 0. The van der Waals surface area contributed by atoms with Crippen LogP contribution in [0.4, 0.5) is 0 Å². The van der Waals surface area contributed by atoms with E-state index in [1.807, 2.05) is 6.92 Å². The van der Waals surface area contributed by atoms with Crippen molar-refractivity contribution in [1.29, 1.82) is 0 Å². The lowest BCUT2D eigenvalue weighted by Gasteiger charge is -1.95. The molecule has 1 rings (SSSR count). The number of ketones is 1. The average molecular weight is 196 g/mol. The maximum atomic E-state index is 11.4. The zero-order valence-corrected chi connectivity index (χ0v) is 8.40. The van der Waals surface area contributed by atoms with Gasteiger partial charge in [0, 0.05) is 12.7 Å². The van der Waals surface area contributed by atoms with Crippen molar-refractivity contribution in [2.75, 3.05) is 7.11 Å². The lowest BCUT2D eigenvalue weighted by atomic mass is 10.2. The molecule has 0 spiro atoms. The van der Waals surface area contributed by atoms with Crippen LogP contribution in [0.1, 0.15) is 22.6 Å². The van der Waals surface area contributed by atoms with Gasteiger partial charge in [-0.05, 0) is 13.0 Å². The number of carbonyl (C=O) groups excluding carboxylic acids is 2. The van der Waals surface area contributed by atoms with Crippen LogP contribution in [0.25, 0.3) is 0 Å². The van der Waals surface area contributed by atoms with Crippen molar-refractivity contribution in [2.45, 2.75) is 13.3 Å². The summed E-state index contributed by atoms with van der Waals surface area (Å²) in [4.78, 5) is 22.2. The van der Waals surface area contributed by atoms with Gasteiger partial charge in [-0.25, -0.2) is 0 Å². The van der Waals surface area contributed by atoms with Gasteiger partial charge in [0.1, 0.15) is 12.1 Å². The zero-order chi connectivity index (χ0) is 10.7. The maximum absolute atomic E-state index is 11.4. The second-order valence-electron chi connectivity index (χ2n) is 2.97. The van der Waals surface area contributed by atoms with Gasteiger partial charge in [-0.3, -0.25) is 14.3 Å². The minimum atomic E-state index is -0.543. The summed E-state index contributed by atoms with van der Waals surface area (Å²) in [6.07, 6.45) is -0.257. The van der Waals surface area contributed by atoms with Crippen LogP contribution in [0, 0.1) is 6.92 Å². The van der Waals surface area contributed by atoms with E-state index in [-0.39, 0.29) is 12.2 Å². The third kappa shape index (κ3) is 2.18. The largest absolute Gasteiger partial charge is 0.469 e. The summed E-state index contributed by atoms with van der Waals surface area (Å²) in [6, 6.07) is 1.64. The molecule has 1 aromatic heterocycles. The lowest BCUT2D eigenvalue weighted by molar-refractivity contribution is -0.139. The van der Waals surface area contributed by atoms with Gasteiger partial charge in [0.25, 0.3) is 0 Å². The Morgan fingerprint density at radius 1 is 1.57 bits per heavy atom. The molecule has 0 unspecified atom stereocenters. The highest BCUT2D eigenvalue weighted by Gasteiger charge is 2.15. The lowest BCUT2D eigenvalue weighted by Crippen LogP contribution is -2.10. The fourth-order valence-electron chi connectivity index (χ4n) is 0.991. The molecule has 0 fully saturated rings. The monoisotopic (exact) mass is 196 g/mol. The van der Waals surface area contributed by atoms with E-state index in [1.165, 1.54) is 7.11 Å². The van der Waals surface area contributed by atoms with Crippen LogP contribution in [0.5, 0.6) is 0 Å². The van der Waals surface area contributed by atoms with Gasteiger partial charge in [0.15, 0.2) is 5.78 Å². The van der Waals surface area contributed by atoms with Gasteiger partial charge in [0.05, 0.1) is 7.11 Å². The number of hydrogen-bond donors (Lipinski definition) is 0. The van der Waals surface area contributed by atoms with Crippen molar-refractivity contribution >= 4 is 11.8 Å². The fourth-order valence-corrected chi connectivity index (χ4v) is 0.991. The number of methoxy groups -OCH3 is 1. The Morgan fingerprint density at radius 3 is 2.64 bits per heavy atom. The highest BCUT2D eigenvalue weighted by atomic mass is 16.5. The van der Waals surface area contributed by atoms with Crippen molar-refractivity contribution in [3.05, 3.63) is 17.5 Å². The van der Waals surface area contributed by atoms with Crippen LogP contribution in [0.3, 0.4) is 0 Å². The molecule has 0 bridgehead atoms. The SMILES string of the molecule is COC(=O)CC(=O)c1cc(C)n(C)n1. The molecule has 5 heteroatoms. The van der Waals surface area contributed by atoms with E-state index in [9.17, 15) is 9.59 Å². The molecule has 0 aliphatic rings. The molecule has 0 aliphatic heterocycles. The van der Waals surface area contributed by atoms with Gasteiger partial charge in [-0.1, -0.05) is 0 Å². The molecule has 0 aliphatic carbocycles. The molecule has 0 amide bonds. The predicted octanol–water partition coefficient (Wildman–Crippen LogP) is 0.474. The molecule has 0 radical (unpaired) electrons. The molecule has 0 saturated carbocycles. The molecular formula is C9H12N2O3. The Kier molecular flexibility index (Phi) is 3.01. The van der Waals surface area contributed by atoms with Crippen LogP contribution >= 0.6 is 0 Å². The van der Waals surface area contributed by atoms with E-state index in [2.05, 4.69) is 9.84 Å². The van der Waals surface area contributed by atoms with E-state index >= 15 is 0 Å². The Bertz CT molecular complexity index is 349. The summed E-state index contributed by atoms with van der Waals surface area (Å²) in [7, 11) is 2.99. The van der Waals surface area contributed by atoms with E-state index in [0.29, 0.717) is 5.69 Å². The van der Waals surface area contributed by atoms with Crippen LogP contribution in [0.15, 0.2) is 6.07 Å². The van der Waals surface area contributed by atoms with Crippen molar-refractivity contribution in [3.8, 4) is 0 Å². The minimum Gasteiger partial charge on any atom is -0.469 e. The Hall–Kier alpha value is -1.65. The number of esters is 1. The fraction of sp³-hybridized carbons (Fsp3) is 0.444. The molecule has 76 valence electrons. The van der Waals surface area contributed by atoms with Gasteiger partial charge in [0.2, 0.25) is 0 Å². The molecule has 0 saturated heterocycles. The van der Waals surface area contributed by atoms with E-state index in [4.69, 9.17) is 0 Å². The first kappa shape index (κ1) is 10.4. The topological polar surface area (TPSA) is 61.2 Å². The minimum absolute atomic E-state index is 0.257. The zero-order valence-electron chi connectivity index (χ0n) is 8.40. The number of Topliss-reactive ketones (excluding diaryl/α,β-unsaturated/α-hetero) is 1. The van der Waals surface area contributed by atoms with E-state index < -0.39 is 5.97 Å². The standard InChI is InChI=1S/C9H12N2O3/c1-6-4-7(10-11(6)2)8(12)5-9(13)14-3/h4H,5H2,1-3H3. The predicted molar refractivity (Wildman–Crippen MR) is 48.9 cm³/mol. The first-order valence-electron chi connectivity index (χ1n) is 4.15. The molecule has 1 heterocycles. The molecular weight excluding hydrogens is 184 g/mol. The highest BCUT2D eigenvalue weighted by Crippen LogP contribution is 2.04. The summed E-state index contributed by atoms with van der Waals surface area (Å²) in [5.41, 5.74) is 1.17. The number of carbonyl (C=O) groups is 2. The number of aromatic nitrogens is 2. The first-order chi connectivity index (χ1) is 6.54. The number of nitrogens with zero attached hydrogens (tertiary/aromatic N) is 2. The second kappa shape index (κ2) is 4.04. The molecule has 5 nitrogen and oxygen atoms in total. The smallest absolute Gasteiger partial charge is 0.313 e. The van der Waals surface area contributed by atoms with Gasteiger partial charge in [-0.15, -0.1) is 0 Å². The summed E-state index contributed by atoms with van der Waals surface area (Å²) < 4.78 is 5.97. The number of rotatable bonds is 3. The molecule has 14 heavy (non-hydrogen) atoms. The Morgan fingerprint density at radius 2 is 2.21 bits per heavy atom. The molecule has 1 aromatic rings. The average Bonchev–Trinajstić information content (AvgIpc) is 2.47. The van der Waals surface area contributed by atoms with Gasteiger partial charge >= 0.3 is 5.97 Å². The van der Waals surface area contributed by atoms with Crippen LogP contribution in [-0.4, -0.2) is 28.6 Å². The quantitative estimate of drug-likeness (QED) is 0.400. The maximum Gasteiger partial charge on any atom is 0.313 e. The third-order valence-electron chi connectivity index (χ3n) is 1.93. The van der Waals surface area contributed by atoms with Crippen molar-refractivity contribution in [2.24, 2.45) is 7.05 Å². The van der Waals surface area contributed by atoms with Crippen molar-refractivity contribution in [3.63, 3.8) is 0 Å². The summed E-state index contributed by atoms with van der Waals surface area (Å²) in [6.45, 7) is 1.84. The van der Waals surface area contributed by atoms with Gasteiger partial charge in [-0.2, -0.15) is 5.10 Å². The van der Waals surface area contributed by atoms with Crippen LogP contribution < -0.4 is 0 Å². The van der Waals surface area contributed by atoms with E-state index in [0.717, 1.165) is 5.69 Å². The van der Waals surface area contributed by atoms with Gasteiger partial charge < -0.3 is 4.74 Å². The molecule has 0 atom stereocenters. The normalized spacial score (nSPS) is 9.93. The molecule has 0 N–H and O–H groups in total.